The third kappa shape index (κ3) is 6.77. The second-order valence-electron chi connectivity index (χ2n) is 10.5. The van der Waals surface area contributed by atoms with Crippen molar-refractivity contribution >= 4 is 33.3 Å². The minimum atomic E-state index is -5.33. The summed E-state index contributed by atoms with van der Waals surface area (Å²) in [5.74, 6) is -6.42. The van der Waals surface area contributed by atoms with Crippen molar-refractivity contribution in [3.63, 3.8) is 0 Å². The molecule has 2 aliphatic heterocycles. The fourth-order valence-electron chi connectivity index (χ4n) is 4.88. The standard InChI is InChI=1S/C27H26O20S/c28-13-9-3-1-2-4-10(9)42-20(21(13)47-48(39,40)41)8-5-6-11(43-26-18(33)14(29)16(31)22(45-26)24(35)36)12(7-8)44-27-19(34)15(30)17(32)23(46-27)25(37)38/h1-7,14-19,22-23,26-27,29-34H,(H,35,36)(H,37,38)(H,39,40,41)/t14-,15-,16-,17-,18+,19+,22-,23-,26+,27+/m1/s1. The maximum Gasteiger partial charge on any atom is 0.446 e. The van der Waals surface area contributed by atoms with Crippen molar-refractivity contribution in [3.05, 3.63) is 52.7 Å². The molecule has 9 N–H and O–H groups in total. The Hall–Kier alpha value is -4.42. The van der Waals surface area contributed by atoms with E-state index in [4.69, 9.17) is 23.4 Å². The number of aliphatic carboxylic acids is 2. The highest BCUT2D eigenvalue weighted by Gasteiger charge is 2.50. The number of para-hydroxylation sites is 1. The number of aliphatic hydroxyl groups excluding tert-OH is 6. The van der Waals surface area contributed by atoms with Crippen LogP contribution in [0.3, 0.4) is 0 Å². The van der Waals surface area contributed by atoms with Crippen molar-refractivity contribution in [1.82, 2.24) is 0 Å². The molecule has 21 heteroatoms. The molecule has 0 aliphatic carbocycles. The van der Waals surface area contributed by atoms with Gasteiger partial charge in [-0.3, -0.25) is 9.35 Å². The first-order valence-electron chi connectivity index (χ1n) is 13.5. The van der Waals surface area contributed by atoms with Gasteiger partial charge in [0, 0.05) is 5.56 Å². The van der Waals surface area contributed by atoms with E-state index in [1.165, 1.54) is 24.3 Å². The van der Waals surface area contributed by atoms with Crippen molar-refractivity contribution in [1.29, 1.82) is 0 Å². The van der Waals surface area contributed by atoms with Crippen LogP contribution in [0.15, 0.2) is 51.7 Å². The highest BCUT2D eigenvalue weighted by Crippen LogP contribution is 2.40. The van der Waals surface area contributed by atoms with E-state index in [0.29, 0.717) is 0 Å². The number of hydrogen-bond acceptors (Lipinski definition) is 17. The van der Waals surface area contributed by atoms with Crippen molar-refractivity contribution < 1.29 is 91.0 Å². The summed E-state index contributed by atoms with van der Waals surface area (Å²) in [4.78, 5) is 36.4. The molecule has 0 saturated carbocycles. The van der Waals surface area contributed by atoms with Crippen LogP contribution in [0.25, 0.3) is 22.3 Å². The van der Waals surface area contributed by atoms with E-state index in [1.807, 2.05) is 0 Å². The molecule has 2 saturated heterocycles. The lowest BCUT2D eigenvalue weighted by atomic mass is 9.99. The Morgan fingerprint density at radius 1 is 0.708 bits per heavy atom. The van der Waals surface area contributed by atoms with Crippen LogP contribution in [0.2, 0.25) is 0 Å². The maximum absolute atomic E-state index is 13.2. The summed E-state index contributed by atoms with van der Waals surface area (Å²) in [5.41, 5.74) is -1.45. The molecule has 0 bridgehead atoms. The highest BCUT2D eigenvalue weighted by molar-refractivity contribution is 7.81. The minimum Gasteiger partial charge on any atom is -0.479 e. The van der Waals surface area contributed by atoms with E-state index in [-0.39, 0.29) is 16.5 Å². The first kappa shape index (κ1) is 34.9. The summed E-state index contributed by atoms with van der Waals surface area (Å²) in [7, 11) is -5.33. The largest absolute Gasteiger partial charge is 0.479 e. The zero-order valence-electron chi connectivity index (χ0n) is 23.7. The predicted molar refractivity (Wildman–Crippen MR) is 150 cm³/mol. The number of carboxylic acid groups (broad SMARTS) is 2. The molecule has 0 spiro atoms. The first-order valence-corrected chi connectivity index (χ1v) is 14.9. The van der Waals surface area contributed by atoms with Gasteiger partial charge in [0.2, 0.25) is 23.8 Å². The van der Waals surface area contributed by atoms with Gasteiger partial charge in [-0.05, 0) is 30.3 Å². The van der Waals surface area contributed by atoms with Gasteiger partial charge in [-0.25, -0.2) is 9.59 Å². The summed E-state index contributed by atoms with van der Waals surface area (Å²) in [6.07, 6.45) is -21.2. The highest BCUT2D eigenvalue weighted by atomic mass is 32.3. The monoisotopic (exact) mass is 702 g/mol. The van der Waals surface area contributed by atoms with Crippen molar-refractivity contribution in [2.24, 2.45) is 0 Å². The molecule has 48 heavy (non-hydrogen) atoms. The molecular formula is C27H26O20S. The van der Waals surface area contributed by atoms with Gasteiger partial charge in [0.05, 0.1) is 5.39 Å². The van der Waals surface area contributed by atoms with Crippen LogP contribution in [-0.2, 0) is 29.5 Å². The summed E-state index contributed by atoms with van der Waals surface area (Å²) in [6.45, 7) is 0. The third-order valence-electron chi connectivity index (χ3n) is 7.26. The molecule has 1 aromatic heterocycles. The molecule has 0 unspecified atom stereocenters. The normalized spacial score (nSPS) is 30.8. The Kier molecular flexibility index (Phi) is 9.62. The van der Waals surface area contributed by atoms with Gasteiger partial charge >= 0.3 is 22.3 Å². The van der Waals surface area contributed by atoms with Gasteiger partial charge in [0.1, 0.15) is 42.2 Å². The molecule has 3 heterocycles. The molecule has 2 aromatic carbocycles. The fraction of sp³-hybridized carbons (Fsp3) is 0.370. The van der Waals surface area contributed by atoms with Gasteiger partial charge in [0.25, 0.3) is 0 Å². The Balaban J connectivity index is 1.64. The Labute approximate surface area is 267 Å². The van der Waals surface area contributed by atoms with Gasteiger partial charge < -0.3 is 68.4 Å². The minimum absolute atomic E-state index is 0.0959. The fourth-order valence-corrected chi connectivity index (χ4v) is 5.25. The van der Waals surface area contributed by atoms with E-state index >= 15 is 0 Å². The van der Waals surface area contributed by atoms with Crippen LogP contribution < -0.4 is 19.1 Å². The number of benzene rings is 2. The summed E-state index contributed by atoms with van der Waals surface area (Å²) in [5, 5.41) is 80.1. The Bertz CT molecular complexity index is 1870. The van der Waals surface area contributed by atoms with Crippen LogP contribution in [0, 0.1) is 0 Å². The quantitative estimate of drug-likeness (QED) is 0.102. The van der Waals surface area contributed by atoms with Crippen LogP contribution in [0.4, 0.5) is 0 Å². The molecule has 20 nitrogen and oxygen atoms in total. The smallest absolute Gasteiger partial charge is 0.446 e. The van der Waals surface area contributed by atoms with E-state index in [2.05, 4.69) is 4.18 Å². The molecular weight excluding hydrogens is 676 g/mol. The molecule has 2 aliphatic rings. The van der Waals surface area contributed by atoms with Crippen molar-refractivity contribution in [3.8, 4) is 28.6 Å². The maximum atomic E-state index is 13.2. The summed E-state index contributed by atoms with van der Waals surface area (Å²) in [6, 6.07) is 8.42. The van der Waals surface area contributed by atoms with Crippen molar-refractivity contribution in [2.75, 3.05) is 0 Å². The zero-order valence-corrected chi connectivity index (χ0v) is 24.6. The molecule has 0 amide bonds. The predicted octanol–water partition coefficient (Wildman–Crippen LogP) is -2.82. The van der Waals surface area contributed by atoms with Gasteiger partial charge in [-0.2, -0.15) is 8.42 Å². The Morgan fingerprint density at radius 3 is 1.75 bits per heavy atom. The molecule has 0 radical (unpaired) electrons. The van der Waals surface area contributed by atoms with Gasteiger partial charge in [-0.15, -0.1) is 0 Å². The summed E-state index contributed by atoms with van der Waals surface area (Å²) < 4.78 is 64.3. The van der Waals surface area contributed by atoms with Crippen LogP contribution in [0.5, 0.6) is 17.2 Å². The Morgan fingerprint density at radius 2 is 1.23 bits per heavy atom. The first-order chi connectivity index (χ1) is 22.5. The average molecular weight is 703 g/mol. The lowest BCUT2D eigenvalue weighted by Gasteiger charge is -2.39. The van der Waals surface area contributed by atoms with Crippen LogP contribution in [-0.4, -0.2) is 127 Å². The number of hydrogen-bond donors (Lipinski definition) is 9. The van der Waals surface area contributed by atoms with Crippen molar-refractivity contribution in [2.45, 2.75) is 61.4 Å². The SMILES string of the molecule is O=C(O)[C@@H]1O[C@H](Oc2ccc(-c3oc4ccccc4c(=O)c3OS(=O)(=O)O)cc2O[C@H]2O[C@@H](C(=O)O)[C@H](O)[C@@H](O)[C@@H]2O)[C@@H](O)[C@H](O)[C@H]1O. The third-order valence-corrected chi connectivity index (χ3v) is 7.64. The number of rotatable bonds is 9. The van der Waals surface area contributed by atoms with E-state index in [9.17, 15) is 68.2 Å². The van der Waals surface area contributed by atoms with Crippen LogP contribution >= 0.6 is 0 Å². The van der Waals surface area contributed by atoms with E-state index in [1.54, 1.807) is 0 Å². The summed E-state index contributed by atoms with van der Waals surface area (Å²) >= 11 is 0. The number of ether oxygens (including phenoxy) is 4. The number of carboxylic acids is 2. The number of fused-ring (bicyclic) bond motifs is 1. The van der Waals surface area contributed by atoms with Crippen LogP contribution in [0.1, 0.15) is 0 Å². The molecule has 260 valence electrons. The average Bonchev–Trinajstić information content (AvgIpc) is 3.02. The second-order valence-corrected chi connectivity index (χ2v) is 11.5. The van der Waals surface area contributed by atoms with Gasteiger partial charge in [0.15, 0.2) is 29.5 Å². The van der Waals surface area contributed by atoms with E-state index in [0.717, 1.165) is 18.2 Å². The van der Waals surface area contributed by atoms with E-state index < -0.39 is 112 Å². The van der Waals surface area contributed by atoms with Gasteiger partial charge in [-0.1, -0.05) is 12.1 Å². The lowest BCUT2D eigenvalue weighted by molar-refractivity contribution is -0.276. The topological polar surface area (TPSA) is 327 Å². The molecule has 5 rings (SSSR count). The molecule has 10 atom stereocenters. The number of carbonyl (C=O) groups is 2. The molecule has 2 fully saturated rings. The second kappa shape index (κ2) is 13.2. The zero-order chi connectivity index (χ0) is 35.2. The molecule has 3 aromatic rings. The number of aliphatic hydroxyl groups is 6. The lowest BCUT2D eigenvalue weighted by Crippen LogP contribution is -2.61.